The molecular weight excluding hydrogens is 360 g/mol. The van der Waals surface area contributed by atoms with Gasteiger partial charge in [-0.15, -0.1) is 0 Å². The zero-order valence-electron chi connectivity index (χ0n) is 13.9. The van der Waals surface area contributed by atoms with Crippen molar-refractivity contribution < 1.29 is 15.0 Å². The van der Waals surface area contributed by atoms with Crippen molar-refractivity contribution in [3.63, 3.8) is 0 Å². The molecule has 2 aromatic rings. The van der Waals surface area contributed by atoms with E-state index in [1.54, 1.807) is 16.8 Å². The molecule has 8 nitrogen and oxygen atoms in total. The molecule has 0 aliphatic carbocycles. The highest BCUT2D eigenvalue weighted by Gasteiger charge is 2.33. The smallest absolute Gasteiger partial charge is 0.404 e. The summed E-state index contributed by atoms with van der Waals surface area (Å²) in [6.07, 6.45) is 0.259. The molecule has 1 fully saturated rings. The lowest BCUT2D eigenvalue weighted by atomic mass is 9.97. The summed E-state index contributed by atoms with van der Waals surface area (Å²) in [5.41, 5.74) is 2.39. The molecule has 0 bridgehead atoms. The summed E-state index contributed by atoms with van der Waals surface area (Å²) in [7, 11) is 0. The number of aromatic nitrogens is 2. The predicted octanol–water partition coefficient (Wildman–Crippen LogP) is 0.850. The van der Waals surface area contributed by atoms with Crippen molar-refractivity contribution in [2.75, 3.05) is 19.6 Å². The molecule has 0 saturated carbocycles. The van der Waals surface area contributed by atoms with Crippen LogP contribution >= 0.6 is 11.6 Å². The van der Waals surface area contributed by atoms with Crippen LogP contribution in [0.15, 0.2) is 23.1 Å². The van der Waals surface area contributed by atoms with Gasteiger partial charge in [-0.3, -0.25) is 14.7 Å². The fraction of sp³-hybridized carbons (Fsp3) is 0.471. The minimum atomic E-state index is -1.13. The fourth-order valence-corrected chi connectivity index (χ4v) is 4.39. The van der Waals surface area contributed by atoms with E-state index in [1.807, 2.05) is 0 Å². The first kappa shape index (κ1) is 17.3. The van der Waals surface area contributed by atoms with Gasteiger partial charge in [0, 0.05) is 49.9 Å². The van der Waals surface area contributed by atoms with Crippen molar-refractivity contribution in [1.82, 2.24) is 19.8 Å². The van der Waals surface area contributed by atoms with Crippen molar-refractivity contribution in [3.8, 4) is 0 Å². The van der Waals surface area contributed by atoms with E-state index in [1.165, 1.54) is 6.07 Å². The number of carbonyl (C=O) groups is 1. The van der Waals surface area contributed by atoms with E-state index >= 15 is 0 Å². The number of halogens is 1. The van der Waals surface area contributed by atoms with Crippen molar-refractivity contribution in [3.05, 3.63) is 39.3 Å². The molecule has 3 atom stereocenters. The number of β-amino-alcohol motifs (C(OH)–C–C–N with tert-alkyl or cyclic N) is 1. The van der Waals surface area contributed by atoms with Gasteiger partial charge in [-0.25, -0.2) is 4.79 Å². The summed E-state index contributed by atoms with van der Waals surface area (Å²) < 4.78 is 1.71. The summed E-state index contributed by atoms with van der Waals surface area (Å²) in [4.78, 5) is 29.4. The molecule has 0 radical (unpaired) electrons. The number of likely N-dealkylation sites (tertiary alicyclic amines) is 1. The van der Waals surface area contributed by atoms with Crippen LogP contribution in [-0.2, 0) is 6.54 Å². The summed E-state index contributed by atoms with van der Waals surface area (Å²) in [5, 5.41) is 22.0. The van der Waals surface area contributed by atoms with Crippen molar-refractivity contribution >= 4 is 28.7 Å². The van der Waals surface area contributed by atoms with Gasteiger partial charge in [-0.1, -0.05) is 11.6 Å². The van der Waals surface area contributed by atoms with Crippen molar-refractivity contribution in [2.24, 2.45) is 0 Å². The number of piperidine rings is 1. The van der Waals surface area contributed by atoms with Gasteiger partial charge in [0.05, 0.1) is 28.2 Å². The average Bonchev–Trinajstić information content (AvgIpc) is 2.97. The van der Waals surface area contributed by atoms with Crippen molar-refractivity contribution in [2.45, 2.75) is 31.0 Å². The molecule has 2 aromatic heterocycles. The van der Waals surface area contributed by atoms with Crippen LogP contribution in [0.25, 0.3) is 11.0 Å². The largest absolute Gasteiger partial charge is 0.465 e. The second kappa shape index (κ2) is 6.53. The Morgan fingerprint density at radius 3 is 2.92 bits per heavy atom. The molecule has 9 heteroatoms. The molecule has 0 spiro atoms. The van der Waals surface area contributed by atoms with Crippen LogP contribution in [0, 0.1) is 0 Å². The van der Waals surface area contributed by atoms with E-state index in [9.17, 15) is 14.7 Å². The molecule has 4 heterocycles. The standard InChI is InChI=1S/C17H19ClN4O4/c18-10-5-19-12-1-2-14(24)22-7-9(15(10)16(12)22)6-21-4-3-11(13(23)8-21)20-17(25)26/h1-2,5,9,11,13,20,23H,3-4,6-8H2,(H,25,26)/t9?,11-,13+/m0/s1. The lowest BCUT2D eigenvalue weighted by Gasteiger charge is -2.37. The van der Waals surface area contributed by atoms with Gasteiger partial charge < -0.3 is 20.1 Å². The summed E-state index contributed by atoms with van der Waals surface area (Å²) in [6.45, 7) is 2.20. The van der Waals surface area contributed by atoms with Gasteiger partial charge in [0.25, 0.3) is 5.56 Å². The van der Waals surface area contributed by atoms with Crippen LogP contribution < -0.4 is 10.9 Å². The molecule has 26 heavy (non-hydrogen) atoms. The molecule has 1 unspecified atom stereocenters. The van der Waals surface area contributed by atoms with E-state index in [-0.39, 0.29) is 11.5 Å². The highest BCUT2D eigenvalue weighted by Crippen LogP contribution is 2.37. The van der Waals surface area contributed by atoms with Crippen LogP contribution in [0.1, 0.15) is 17.9 Å². The van der Waals surface area contributed by atoms with Gasteiger partial charge in [0.1, 0.15) is 0 Å². The number of aliphatic hydroxyl groups is 1. The number of pyridine rings is 2. The highest BCUT2D eigenvalue weighted by molar-refractivity contribution is 6.32. The third-order valence-electron chi connectivity index (χ3n) is 5.26. The van der Waals surface area contributed by atoms with E-state index in [2.05, 4.69) is 15.2 Å². The topological polar surface area (TPSA) is 108 Å². The minimum absolute atomic E-state index is 0.0271. The maximum absolute atomic E-state index is 12.2. The molecule has 138 valence electrons. The van der Waals surface area contributed by atoms with Gasteiger partial charge in [0.15, 0.2) is 0 Å². The minimum Gasteiger partial charge on any atom is -0.465 e. The zero-order chi connectivity index (χ0) is 18.4. The Morgan fingerprint density at radius 2 is 2.19 bits per heavy atom. The molecule has 1 amide bonds. The molecule has 0 aromatic carbocycles. The maximum Gasteiger partial charge on any atom is 0.404 e. The number of hydrogen-bond acceptors (Lipinski definition) is 5. The van der Waals surface area contributed by atoms with E-state index < -0.39 is 18.2 Å². The monoisotopic (exact) mass is 378 g/mol. The summed E-state index contributed by atoms with van der Waals surface area (Å²) in [6, 6.07) is 2.77. The summed E-state index contributed by atoms with van der Waals surface area (Å²) >= 11 is 6.39. The van der Waals surface area contributed by atoms with E-state index in [0.29, 0.717) is 37.6 Å². The number of nitrogens with one attached hydrogen (secondary N) is 1. The zero-order valence-corrected chi connectivity index (χ0v) is 14.7. The van der Waals surface area contributed by atoms with Gasteiger partial charge in [0.2, 0.25) is 0 Å². The van der Waals surface area contributed by atoms with Crippen LogP contribution in [-0.4, -0.2) is 62.5 Å². The molecular formula is C17H19ClN4O4. The normalized spacial score (nSPS) is 25.5. The molecule has 1 saturated heterocycles. The molecule has 3 N–H and O–H groups in total. The molecule has 2 aliphatic rings. The van der Waals surface area contributed by atoms with E-state index in [0.717, 1.165) is 16.6 Å². The number of nitrogens with zero attached hydrogens (tertiary/aromatic N) is 3. The number of amides is 1. The third-order valence-corrected chi connectivity index (χ3v) is 5.56. The Morgan fingerprint density at radius 1 is 1.38 bits per heavy atom. The van der Waals surface area contributed by atoms with Gasteiger partial charge >= 0.3 is 6.09 Å². The summed E-state index contributed by atoms with van der Waals surface area (Å²) in [5.74, 6) is 0.0271. The quantitative estimate of drug-likeness (QED) is 0.730. The Kier molecular flexibility index (Phi) is 4.34. The SMILES string of the molecule is O=C(O)N[C@H]1CCN(CC2Cn3c(=O)ccc4ncc(Cl)c2c43)C[C@H]1O. The van der Waals surface area contributed by atoms with Gasteiger partial charge in [-0.05, 0) is 12.5 Å². The number of hydrogen-bond donors (Lipinski definition) is 3. The lowest BCUT2D eigenvalue weighted by molar-refractivity contribution is 0.0379. The second-order valence-corrected chi connectivity index (χ2v) is 7.31. The third kappa shape index (κ3) is 2.94. The average molecular weight is 379 g/mol. The van der Waals surface area contributed by atoms with Crippen LogP contribution in [0.4, 0.5) is 4.79 Å². The molecule has 2 aliphatic heterocycles. The first-order valence-electron chi connectivity index (χ1n) is 8.52. The maximum atomic E-state index is 12.2. The van der Waals surface area contributed by atoms with E-state index in [4.69, 9.17) is 16.7 Å². The van der Waals surface area contributed by atoms with Crippen LogP contribution in [0.3, 0.4) is 0 Å². The first-order chi connectivity index (χ1) is 12.4. The van der Waals surface area contributed by atoms with Crippen LogP contribution in [0.2, 0.25) is 5.02 Å². The Labute approximate surface area is 154 Å². The van der Waals surface area contributed by atoms with Crippen molar-refractivity contribution in [1.29, 1.82) is 0 Å². The predicted molar refractivity (Wildman–Crippen MR) is 95.8 cm³/mol. The number of rotatable bonds is 3. The second-order valence-electron chi connectivity index (χ2n) is 6.90. The first-order valence-corrected chi connectivity index (χ1v) is 8.89. The Hall–Kier alpha value is -2.16. The van der Waals surface area contributed by atoms with Crippen LogP contribution in [0.5, 0.6) is 0 Å². The molecule has 4 rings (SSSR count). The van der Waals surface area contributed by atoms with Gasteiger partial charge in [-0.2, -0.15) is 0 Å². The highest BCUT2D eigenvalue weighted by atomic mass is 35.5. The number of aliphatic hydroxyl groups excluding tert-OH is 1. The Bertz CT molecular complexity index is 931. The Balaban J connectivity index is 1.55. The fourth-order valence-electron chi connectivity index (χ4n) is 4.10. The number of carboxylic acid groups (broad SMARTS) is 1. The lowest BCUT2D eigenvalue weighted by Crippen LogP contribution is -2.54.